The van der Waals surface area contributed by atoms with Crippen molar-refractivity contribution >= 4 is 10.2 Å². The molecule has 0 amide bonds. The van der Waals surface area contributed by atoms with Gasteiger partial charge in [-0.15, -0.1) is 0 Å². The average Bonchev–Trinajstić information content (AvgIpc) is 1.68. The highest BCUT2D eigenvalue weighted by Crippen LogP contribution is 2.13. The SMILES string of the molecule is CCC(F)([Si])CC. The van der Waals surface area contributed by atoms with E-state index in [-0.39, 0.29) is 0 Å². The van der Waals surface area contributed by atoms with Gasteiger partial charge in [-0.25, -0.2) is 4.39 Å². The lowest BCUT2D eigenvalue weighted by molar-refractivity contribution is 0.260. The summed E-state index contributed by atoms with van der Waals surface area (Å²) in [7, 11) is 2.96. The summed E-state index contributed by atoms with van der Waals surface area (Å²) in [5, 5.41) is -1.11. The summed E-state index contributed by atoms with van der Waals surface area (Å²) in [6.45, 7) is 3.63. The maximum Gasteiger partial charge on any atom is 0.0917 e. The third-order valence-corrected chi connectivity index (χ3v) is 1.83. The number of hydrogen-bond donors (Lipinski definition) is 0. The standard InChI is InChI=1S/C5H10FSi/c1-3-5(6,7)4-2/h3-4H2,1-2H3. The average molecular weight is 117 g/mol. The lowest BCUT2D eigenvalue weighted by atomic mass is 10.2. The van der Waals surface area contributed by atoms with Crippen molar-refractivity contribution in [3.05, 3.63) is 0 Å². The molecule has 0 bridgehead atoms. The maximum atomic E-state index is 12.5. The molecule has 0 heterocycles. The van der Waals surface area contributed by atoms with Crippen molar-refractivity contribution in [3.63, 3.8) is 0 Å². The summed E-state index contributed by atoms with van der Waals surface area (Å²) >= 11 is 0. The van der Waals surface area contributed by atoms with Gasteiger partial charge in [-0.05, 0) is 12.8 Å². The van der Waals surface area contributed by atoms with E-state index in [1.54, 1.807) is 0 Å². The maximum absolute atomic E-state index is 12.5. The van der Waals surface area contributed by atoms with Gasteiger partial charge in [0.15, 0.2) is 0 Å². The van der Waals surface area contributed by atoms with Gasteiger partial charge in [0.1, 0.15) is 0 Å². The molecule has 0 saturated carbocycles. The van der Waals surface area contributed by atoms with Crippen LogP contribution in [0.3, 0.4) is 0 Å². The first kappa shape index (κ1) is 7.15. The quantitative estimate of drug-likeness (QED) is 0.482. The molecule has 0 fully saturated rings. The molecule has 7 heavy (non-hydrogen) atoms. The van der Waals surface area contributed by atoms with Crippen LogP contribution in [0.2, 0.25) is 0 Å². The minimum atomic E-state index is -1.11. The predicted molar refractivity (Wildman–Crippen MR) is 30.2 cm³/mol. The van der Waals surface area contributed by atoms with E-state index >= 15 is 0 Å². The van der Waals surface area contributed by atoms with Crippen molar-refractivity contribution in [2.45, 2.75) is 32.0 Å². The van der Waals surface area contributed by atoms with Crippen LogP contribution in [0.25, 0.3) is 0 Å². The number of rotatable bonds is 2. The fourth-order valence-electron chi connectivity index (χ4n) is 0.250. The zero-order valence-corrected chi connectivity index (χ0v) is 5.79. The van der Waals surface area contributed by atoms with Gasteiger partial charge in [0.05, 0.1) is 15.5 Å². The highest BCUT2D eigenvalue weighted by atomic mass is 28.1. The molecule has 0 atom stereocenters. The van der Waals surface area contributed by atoms with E-state index in [1.807, 2.05) is 13.8 Å². The van der Waals surface area contributed by atoms with Gasteiger partial charge < -0.3 is 0 Å². The first-order valence-electron chi connectivity index (χ1n) is 2.56. The fourth-order valence-corrected chi connectivity index (χ4v) is 0.250. The van der Waals surface area contributed by atoms with Crippen molar-refractivity contribution < 1.29 is 4.39 Å². The van der Waals surface area contributed by atoms with Crippen LogP contribution in [0.5, 0.6) is 0 Å². The minimum absolute atomic E-state index is 0.542. The zero-order valence-electron chi connectivity index (χ0n) is 4.79. The Bertz CT molecular complexity index is 46.0. The highest BCUT2D eigenvalue weighted by molar-refractivity contribution is 6.14. The van der Waals surface area contributed by atoms with Crippen molar-refractivity contribution in [2.24, 2.45) is 0 Å². The van der Waals surface area contributed by atoms with Gasteiger partial charge >= 0.3 is 0 Å². The molecule has 2 heteroatoms. The van der Waals surface area contributed by atoms with Gasteiger partial charge in [-0.2, -0.15) is 0 Å². The van der Waals surface area contributed by atoms with E-state index in [0.29, 0.717) is 12.8 Å². The lowest BCUT2D eigenvalue weighted by Gasteiger charge is -2.13. The Balaban J connectivity index is 3.36. The second-order valence-corrected chi connectivity index (χ2v) is 2.57. The summed E-state index contributed by atoms with van der Waals surface area (Å²) in [6.07, 6.45) is 1.08. The summed E-state index contributed by atoms with van der Waals surface area (Å²) in [4.78, 5) is 0. The third kappa shape index (κ3) is 2.80. The highest BCUT2D eigenvalue weighted by Gasteiger charge is 2.15. The van der Waals surface area contributed by atoms with Crippen LogP contribution in [0.1, 0.15) is 26.7 Å². The molecule has 0 aromatic rings. The van der Waals surface area contributed by atoms with E-state index in [4.69, 9.17) is 0 Å². The minimum Gasteiger partial charge on any atom is -0.249 e. The molecule has 3 radical (unpaired) electrons. The Hall–Kier alpha value is 0.147. The van der Waals surface area contributed by atoms with Gasteiger partial charge in [0, 0.05) is 0 Å². The van der Waals surface area contributed by atoms with Crippen molar-refractivity contribution in [1.29, 1.82) is 0 Å². The largest absolute Gasteiger partial charge is 0.249 e. The van der Waals surface area contributed by atoms with Crippen LogP contribution in [0, 0.1) is 0 Å². The first-order valence-corrected chi connectivity index (χ1v) is 3.06. The Morgan fingerprint density at radius 1 is 1.43 bits per heavy atom. The molecular formula is C5H10FSi. The van der Waals surface area contributed by atoms with Gasteiger partial charge in [-0.3, -0.25) is 0 Å². The van der Waals surface area contributed by atoms with E-state index < -0.39 is 5.29 Å². The second kappa shape index (κ2) is 2.45. The molecule has 41 valence electrons. The predicted octanol–water partition coefficient (Wildman–Crippen LogP) is 1.64. The molecule has 0 nitrogen and oxygen atoms in total. The Labute approximate surface area is 47.5 Å². The van der Waals surface area contributed by atoms with E-state index in [2.05, 4.69) is 10.2 Å². The molecule has 0 saturated heterocycles. The number of hydrogen-bond acceptors (Lipinski definition) is 0. The Kier molecular flexibility index (Phi) is 2.50. The Morgan fingerprint density at radius 3 is 1.71 bits per heavy atom. The number of alkyl halides is 1. The van der Waals surface area contributed by atoms with Crippen molar-refractivity contribution in [3.8, 4) is 0 Å². The summed E-state index contributed by atoms with van der Waals surface area (Å²) in [6, 6.07) is 0. The van der Waals surface area contributed by atoms with Crippen LogP contribution in [-0.2, 0) is 0 Å². The Morgan fingerprint density at radius 2 is 1.71 bits per heavy atom. The van der Waals surface area contributed by atoms with Crippen LogP contribution in [-0.4, -0.2) is 15.5 Å². The van der Waals surface area contributed by atoms with Gasteiger partial charge in [0.2, 0.25) is 0 Å². The van der Waals surface area contributed by atoms with Crippen molar-refractivity contribution in [2.75, 3.05) is 0 Å². The smallest absolute Gasteiger partial charge is 0.0917 e. The van der Waals surface area contributed by atoms with Crippen molar-refractivity contribution in [1.82, 2.24) is 0 Å². The van der Waals surface area contributed by atoms with Crippen LogP contribution < -0.4 is 0 Å². The second-order valence-electron chi connectivity index (χ2n) is 1.67. The molecule has 0 aliphatic heterocycles. The van der Waals surface area contributed by atoms with E-state index in [1.165, 1.54) is 0 Å². The van der Waals surface area contributed by atoms with Crippen LogP contribution in [0.4, 0.5) is 4.39 Å². The monoisotopic (exact) mass is 117 g/mol. The van der Waals surface area contributed by atoms with Crippen LogP contribution >= 0.6 is 0 Å². The third-order valence-electron chi connectivity index (χ3n) is 1.12. The van der Waals surface area contributed by atoms with E-state index in [0.717, 1.165) is 0 Å². The summed E-state index contributed by atoms with van der Waals surface area (Å²) < 4.78 is 12.5. The lowest BCUT2D eigenvalue weighted by Crippen LogP contribution is -2.19. The van der Waals surface area contributed by atoms with Gasteiger partial charge in [-0.1, -0.05) is 13.8 Å². The molecule has 0 aromatic carbocycles. The molecule has 0 aliphatic rings. The molecule has 0 N–H and O–H groups in total. The van der Waals surface area contributed by atoms with Gasteiger partial charge in [0.25, 0.3) is 0 Å². The van der Waals surface area contributed by atoms with Crippen LogP contribution in [0.15, 0.2) is 0 Å². The molecule has 0 rings (SSSR count). The summed E-state index contributed by atoms with van der Waals surface area (Å²) in [5.74, 6) is 0. The molecule has 0 aromatic heterocycles. The summed E-state index contributed by atoms with van der Waals surface area (Å²) in [5.41, 5.74) is 0. The fraction of sp³-hybridized carbons (Fsp3) is 1.00. The zero-order chi connectivity index (χ0) is 5.91. The molecular weight excluding hydrogens is 107 g/mol. The molecule has 0 aliphatic carbocycles. The number of halogens is 1. The topological polar surface area (TPSA) is 0 Å². The molecule has 0 unspecified atom stereocenters. The molecule has 0 spiro atoms. The van der Waals surface area contributed by atoms with E-state index in [9.17, 15) is 4.39 Å². The first-order chi connectivity index (χ1) is 3.12. The normalized spacial score (nSPS) is 12.0.